The number of oxime groups is 1. The lowest BCUT2D eigenvalue weighted by Gasteiger charge is -2.09. The molecule has 0 radical (unpaired) electrons. The van der Waals surface area contributed by atoms with E-state index < -0.39 is 9.84 Å². The maximum Gasteiger partial charge on any atom is 0.170 e. The zero-order valence-electron chi connectivity index (χ0n) is 11.0. The average Bonchev–Trinajstić information content (AvgIpc) is 2.44. The van der Waals surface area contributed by atoms with Crippen LogP contribution < -0.4 is 10.5 Å². The highest BCUT2D eigenvalue weighted by Crippen LogP contribution is 2.25. The van der Waals surface area contributed by atoms with E-state index in [4.69, 9.17) is 27.3 Å². The third-order valence-electron chi connectivity index (χ3n) is 2.63. The summed E-state index contributed by atoms with van der Waals surface area (Å²) in [5.41, 5.74) is 5.90. The van der Waals surface area contributed by atoms with Crippen LogP contribution in [0.3, 0.4) is 0 Å². The van der Waals surface area contributed by atoms with Crippen molar-refractivity contribution in [3.8, 4) is 5.75 Å². The number of rotatable bonds is 7. The van der Waals surface area contributed by atoms with E-state index in [1.165, 1.54) is 6.07 Å². The standard InChI is InChI=1S/C12H17ClN2O4S/c1-2-20(17,18)7-3-6-19-11-5-4-9(8-10(11)13)12(14)15-16/h4-5,8,16H,2-3,6-7H2,1H3,(H2,14,15). The molecule has 0 aromatic heterocycles. The Morgan fingerprint density at radius 1 is 1.50 bits per heavy atom. The van der Waals surface area contributed by atoms with Crippen LogP contribution in [-0.2, 0) is 9.84 Å². The van der Waals surface area contributed by atoms with Crippen molar-refractivity contribution in [2.75, 3.05) is 18.1 Å². The van der Waals surface area contributed by atoms with E-state index in [1.807, 2.05) is 0 Å². The fourth-order valence-electron chi connectivity index (χ4n) is 1.44. The van der Waals surface area contributed by atoms with E-state index in [0.717, 1.165) is 0 Å². The second-order valence-electron chi connectivity index (χ2n) is 4.07. The predicted molar refractivity (Wildman–Crippen MR) is 78.4 cm³/mol. The largest absolute Gasteiger partial charge is 0.492 e. The van der Waals surface area contributed by atoms with Gasteiger partial charge in [0.25, 0.3) is 0 Å². The second-order valence-corrected chi connectivity index (χ2v) is 6.95. The molecular weight excluding hydrogens is 304 g/mol. The summed E-state index contributed by atoms with van der Waals surface area (Å²) in [4.78, 5) is 0. The molecule has 0 bridgehead atoms. The summed E-state index contributed by atoms with van der Waals surface area (Å²) < 4.78 is 28.0. The summed E-state index contributed by atoms with van der Waals surface area (Å²) in [5, 5.41) is 11.7. The van der Waals surface area contributed by atoms with E-state index in [9.17, 15) is 8.42 Å². The van der Waals surface area contributed by atoms with Gasteiger partial charge in [-0.25, -0.2) is 8.42 Å². The van der Waals surface area contributed by atoms with Gasteiger partial charge in [0.1, 0.15) is 15.6 Å². The maximum absolute atomic E-state index is 11.3. The molecule has 20 heavy (non-hydrogen) atoms. The molecule has 0 saturated carbocycles. The zero-order chi connectivity index (χ0) is 15.2. The van der Waals surface area contributed by atoms with Crippen LogP contribution in [0.15, 0.2) is 23.4 Å². The molecule has 0 unspecified atom stereocenters. The van der Waals surface area contributed by atoms with Crippen molar-refractivity contribution in [1.82, 2.24) is 0 Å². The molecule has 6 nitrogen and oxygen atoms in total. The molecule has 0 aliphatic rings. The SMILES string of the molecule is CCS(=O)(=O)CCCOc1ccc(C(N)=NO)cc1Cl. The Hall–Kier alpha value is -1.47. The van der Waals surface area contributed by atoms with E-state index in [-0.39, 0.29) is 23.9 Å². The Labute approximate surface area is 123 Å². The first-order valence-electron chi connectivity index (χ1n) is 6.00. The van der Waals surface area contributed by atoms with Crippen LogP contribution in [0, 0.1) is 0 Å². The molecule has 0 atom stereocenters. The fourth-order valence-corrected chi connectivity index (χ4v) is 2.52. The third kappa shape index (κ3) is 4.90. The molecule has 0 aliphatic carbocycles. The molecule has 0 aliphatic heterocycles. The Morgan fingerprint density at radius 2 is 2.20 bits per heavy atom. The molecule has 0 fully saturated rings. The van der Waals surface area contributed by atoms with Crippen LogP contribution >= 0.6 is 11.6 Å². The van der Waals surface area contributed by atoms with Crippen LogP contribution in [-0.4, -0.2) is 37.6 Å². The predicted octanol–water partition coefficient (Wildman–Crippen LogP) is 1.64. The van der Waals surface area contributed by atoms with Gasteiger partial charge >= 0.3 is 0 Å². The lowest BCUT2D eigenvalue weighted by molar-refractivity contribution is 0.317. The summed E-state index contributed by atoms with van der Waals surface area (Å²) in [5.74, 6) is 0.591. The highest BCUT2D eigenvalue weighted by Gasteiger charge is 2.09. The van der Waals surface area contributed by atoms with Gasteiger partial charge in [0.15, 0.2) is 5.84 Å². The van der Waals surface area contributed by atoms with Gasteiger partial charge in [0, 0.05) is 11.3 Å². The summed E-state index contributed by atoms with van der Waals surface area (Å²) in [6, 6.07) is 4.69. The summed E-state index contributed by atoms with van der Waals surface area (Å²) in [7, 11) is -2.98. The Balaban J connectivity index is 2.58. The highest BCUT2D eigenvalue weighted by molar-refractivity contribution is 7.91. The van der Waals surface area contributed by atoms with Crippen LogP contribution in [0.4, 0.5) is 0 Å². The summed E-state index contributed by atoms with van der Waals surface area (Å²) in [6.45, 7) is 1.86. The lowest BCUT2D eigenvalue weighted by Crippen LogP contribution is -2.13. The molecule has 0 saturated heterocycles. The van der Waals surface area contributed by atoms with Crippen LogP contribution in [0.1, 0.15) is 18.9 Å². The lowest BCUT2D eigenvalue weighted by atomic mass is 10.2. The quantitative estimate of drug-likeness (QED) is 0.261. The third-order valence-corrected chi connectivity index (χ3v) is 4.72. The van der Waals surface area contributed by atoms with Crippen molar-refractivity contribution < 1.29 is 18.4 Å². The van der Waals surface area contributed by atoms with Gasteiger partial charge in [-0.1, -0.05) is 23.7 Å². The van der Waals surface area contributed by atoms with Crippen molar-refractivity contribution in [3.05, 3.63) is 28.8 Å². The topological polar surface area (TPSA) is 102 Å². The Bertz CT molecular complexity index is 587. The molecule has 112 valence electrons. The minimum absolute atomic E-state index is 0.0486. The van der Waals surface area contributed by atoms with Gasteiger partial charge in [-0.2, -0.15) is 0 Å². The molecule has 1 rings (SSSR count). The minimum atomic E-state index is -2.98. The molecule has 0 amide bonds. The number of hydrogen-bond donors (Lipinski definition) is 2. The van der Waals surface area contributed by atoms with Gasteiger partial charge in [-0.05, 0) is 24.6 Å². The molecule has 0 spiro atoms. The van der Waals surface area contributed by atoms with Crippen molar-refractivity contribution in [1.29, 1.82) is 0 Å². The maximum atomic E-state index is 11.3. The van der Waals surface area contributed by atoms with E-state index in [1.54, 1.807) is 19.1 Å². The molecule has 3 N–H and O–H groups in total. The van der Waals surface area contributed by atoms with Crippen LogP contribution in [0.25, 0.3) is 0 Å². The van der Waals surface area contributed by atoms with E-state index in [2.05, 4.69) is 5.16 Å². The Morgan fingerprint density at radius 3 is 2.75 bits per heavy atom. The number of halogens is 1. The molecule has 1 aromatic carbocycles. The Kier molecular flexibility index (Phi) is 6.09. The molecule has 8 heteroatoms. The monoisotopic (exact) mass is 320 g/mol. The number of sulfone groups is 1. The molecular formula is C12H17ClN2O4S. The van der Waals surface area contributed by atoms with E-state index in [0.29, 0.717) is 22.8 Å². The van der Waals surface area contributed by atoms with Crippen molar-refractivity contribution >= 4 is 27.3 Å². The first-order chi connectivity index (χ1) is 9.39. The smallest absolute Gasteiger partial charge is 0.170 e. The van der Waals surface area contributed by atoms with Gasteiger partial charge in [0.2, 0.25) is 0 Å². The zero-order valence-corrected chi connectivity index (χ0v) is 12.6. The van der Waals surface area contributed by atoms with Gasteiger partial charge in [-0.3, -0.25) is 0 Å². The minimum Gasteiger partial charge on any atom is -0.492 e. The number of ether oxygens (including phenoxy) is 1. The highest BCUT2D eigenvalue weighted by atomic mass is 35.5. The van der Waals surface area contributed by atoms with Crippen molar-refractivity contribution in [2.24, 2.45) is 10.9 Å². The van der Waals surface area contributed by atoms with Gasteiger partial charge in [0.05, 0.1) is 17.4 Å². The first-order valence-corrected chi connectivity index (χ1v) is 8.20. The number of benzene rings is 1. The van der Waals surface area contributed by atoms with Gasteiger partial charge < -0.3 is 15.7 Å². The summed E-state index contributed by atoms with van der Waals surface area (Å²) >= 11 is 5.99. The van der Waals surface area contributed by atoms with Crippen molar-refractivity contribution in [3.63, 3.8) is 0 Å². The number of hydrogen-bond acceptors (Lipinski definition) is 5. The number of nitrogens with zero attached hydrogens (tertiary/aromatic N) is 1. The second kappa shape index (κ2) is 7.35. The summed E-state index contributed by atoms with van der Waals surface area (Å²) in [6.07, 6.45) is 0.397. The number of nitrogens with two attached hydrogens (primary N) is 1. The van der Waals surface area contributed by atoms with E-state index >= 15 is 0 Å². The normalized spacial score (nSPS) is 12.4. The molecule has 1 aromatic rings. The van der Waals surface area contributed by atoms with Crippen molar-refractivity contribution in [2.45, 2.75) is 13.3 Å². The number of amidine groups is 1. The molecule has 0 heterocycles. The average molecular weight is 321 g/mol. The first kappa shape index (κ1) is 16.6. The van der Waals surface area contributed by atoms with Crippen LogP contribution in [0.2, 0.25) is 5.02 Å². The van der Waals surface area contributed by atoms with Gasteiger partial charge in [-0.15, -0.1) is 0 Å². The van der Waals surface area contributed by atoms with Crippen LogP contribution in [0.5, 0.6) is 5.75 Å². The fraction of sp³-hybridized carbons (Fsp3) is 0.417.